The Balaban J connectivity index is 2.09. The van der Waals surface area contributed by atoms with Gasteiger partial charge in [0.05, 0.1) is 18.6 Å². The molecule has 98 valence electrons. The van der Waals surface area contributed by atoms with Crippen molar-refractivity contribution in [3.63, 3.8) is 0 Å². The number of rotatable bonds is 2. The summed E-state index contributed by atoms with van der Waals surface area (Å²) < 4.78 is 21.8. The van der Waals surface area contributed by atoms with Crippen molar-refractivity contribution in [3.05, 3.63) is 71.8 Å². The smallest absolute Gasteiger partial charge is 0.267 e. The van der Waals surface area contributed by atoms with E-state index in [0.29, 0.717) is 13.2 Å². The first-order valence-electron chi connectivity index (χ1n) is 6.11. The average Bonchev–Trinajstić information content (AvgIpc) is 2.50. The van der Waals surface area contributed by atoms with E-state index >= 15 is 0 Å². The molecule has 2 aromatic rings. The lowest BCUT2D eigenvalue weighted by Gasteiger charge is -2.36. The third kappa shape index (κ3) is 2.34. The Morgan fingerprint density at radius 3 is 1.63 bits per heavy atom. The minimum atomic E-state index is -1.63. The Morgan fingerprint density at radius 2 is 1.21 bits per heavy atom. The van der Waals surface area contributed by atoms with Crippen molar-refractivity contribution < 1.29 is 12.6 Å². The van der Waals surface area contributed by atoms with E-state index in [0.717, 1.165) is 11.1 Å². The molecule has 0 amide bonds. The highest BCUT2D eigenvalue weighted by Crippen LogP contribution is 2.36. The molecule has 1 aliphatic heterocycles. The molecule has 0 aromatic heterocycles. The van der Waals surface area contributed by atoms with Crippen LogP contribution in [0.3, 0.4) is 0 Å². The normalized spacial score (nSPS) is 19.2. The Kier molecular flexibility index (Phi) is 3.46. The van der Waals surface area contributed by atoms with Crippen LogP contribution in [0.25, 0.3) is 0 Å². The van der Waals surface area contributed by atoms with Crippen molar-refractivity contribution in [1.29, 1.82) is 0 Å². The summed E-state index contributed by atoms with van der Waals surface area (Å²) >= 11 is -1.63. The van der Waals surface area contributed by atoms with E-state index in [1.807, 2.05) is 60.7 Å². The van der Waals surface area contributed by atoms with E-state index in [2.05, 4.69) is 0 Å². The van der Waals surface area contributed by atoms with Gasteiger partial charge in [-0.3, -0.25) is 8.37 Å². The summed E-state index contributed by atoms with van der Waals surface area (Å²) in [7, 11) is 0. The van der Waals surface area contributed by atoms with Crippen LogP contribution >= 0.6 is 0 Å². The van der Waals surface area contributed by atoms with E-state index in [1.165, 1.54) is 0 Å². The first-order valence-corrected chi connectivity index (χ1v) is 7.11. The molecule has 0 aliphatic carbocycles. The second-order valence-electron chi connectivity index (χ2n) is 4.54. The van der Waals surface area contributed by atoms with Gasteiger partial charge in [0, 0.05) is 0 Å². The van der Waals surface area contributed by atoms with Gasteiger partial charge >= 0.3 is 11.4 Å². The number of benzene rings is 2. The molecule has 1 fully saturated rings. The van der Waals surface area contributed by atoms with E-state index < -0.39 is 16.8 Å². The van der Waals surface area contributed by atoms with Crippen molar-refractivity contribution in [3.8, 4) is 0 Å². The van der Waals surface area contributed by atoms with Crippen LogP contribution < -0.4 is 0 Å². The second kappa shape index (κ2) is 5.25. The molecule has 0 atom stereocenters. The summed E-state index contributed by atoms with van der Waals surface area (Å²) in [6.45, 7) is 0.710. The van der Waals surface area contributed by atoms with Crippen molar-refractivity contribution in [2.75, 3.05) is 13.2 Å². The van der Waals surface area contributed by atoms with Gasteiger partial charge in [-0.05, 0) is 11.1 Å². The van der Waals surface area contributed by atoms with Crippen molar-refractivity contribution in [2.45, 2.75) is 5.41 Å². The maximum absolute atomic E-state index is 11.3. The van der Waals surface area contributed by atoms with Crippen LogP contribution in [0.2, 0.25) is 0 Å². The van der Waals surface area contributed by atoms with Crippen LogP contribution in [0.5, 0.6) is 0 Å². The molecule has 1 saturated heterocycles. The molecular formula is C15H14O3S. The average molecular weight is 274 g/mol. The second-order valence-corrected chi connectivity index (χ2v) is 5.42. The van der Waals surface area contributed by atoms with Crippen LogP contribution in [0.4, 0.5) is 0 Å². The predicted molar refractivity (Wildman–Crippen MR) is 73.7 cm³/mol. The highest BCUT2D eigenvalue weighted by Gasteiger charge is 2.39. The monoisotopic (exact) mass is 274 g/mol. The van der Waals surface area contributed by atoms with Crippen molar-refractivity contribution in [1.82, 2.24) is 0 Å². The molecule has 0 saturated carbocycles. The SMILES string of the molecule is O=S1OCC(c2ccccc2)(c2ccccc2)CO1. The largest absolute Gasteiger partial charge is 0.304 e. The van der Waals surface area contributed by atoms with Gasteiger partial charge in [0.2, 0.25) is 0 Å². The lowest BCUT2D eigenvalue weighted by Crippen LogP contribution is -2.42. The molecule has 3 nitrogen and oxygen atoms in total. The molecule has 0 unspecified atom stereocenters. The predicted octanol–water partition coefficient (Wildman–Crippen LogP) is 2.60. The Morgan fingerprint density at radius 1 is 0.789 bits per heavy atom. The standard InChI is InChI=1S/C15H14O3S/c16-19-17-11-15(12-18-19,13-7-3-1-4-8-13)14-9-5-2-6-10-14/h1-10H,11-12H2. The molecule has 1 heterocycles. The van der Waals surface area contributed by atoms with E-state index in [1.54, 1.807) is 0 Å². The fourth-order valence-electron chi connectivity index (χ4n) is 2.39. The molecule has 1 aliphatic rings. The highest BCUT2D eigenvalue weighted by atomic mass is 32.2. The topological polar surface area (TPSA) is 35.5 Å². The molecule has 19 heavy (non-hydrogen) atoms. The molecule has 3 rings (SSSR count). The van der Waals surface area contributed by atoms with Crippen molar-refractivity contribution >= 4 is 11.4 Å². The van der Waals surface area contributed by atoms with Gasteiger partial charge in [0.15, 0.2) is 0 Å². The van der Waals surface area contributed by atoms with Gasteiger partial charge in [-0.15, -0.1) is 0 Å². The molecule has 0 bridgehead atoms. The molecule has 0 spiro atoms. The zero-order valence-electron chi connectivity index (χ0n) is 10.3. The quantitative estimate of drug-likeness (QED) is 0.844. The van der Waals surface area contributed by atoms with Gasteiger partial charge < -0.3 is 0 Å². The summed E-state index contributed by atoms with van der Waals surface area (Å²) in [6.07, 6.45) is 0. The van der Waals surface area contributed by atoms with Crippen LogP contribution in [-0.2, 0) is 25.1 Å². The Labute approximate surface area is 115 Å². The highest BCUT2D eigenvalue weighted by molar-refractivity contribution is 7.75. The summed E-state index contributed by atoms with van der Waals surface area (Å²) in [5, 5.41) is 0. The van der Waals surface area contributed by atoms with Crippen LogP contribution in [0.1, 0.15) is 11.1 Å². The Bertz CT molecular complexity index is 517. The van der Waals surface area contributed by atoms with Gasteiger partial charge in [0.25, 0.3) is 0 Å². The zero-order valence-corrected chi connectivity index (χ0v) is 11.1. The maximum atomic E-state index is 11.3. The third-order valence-corrected chi connectivity index (χ3v) is 4.08. The number of hydrogen-bond donors (Lipinski definition) is 0. The van der Waals surface area contributed by atoms with Gasteiger partial charge in [0.1, 0.15) is 0 Å². The lowest BCUT2D eigenvalue weighted by atomic mass is 9.76. The van der Waals surface area contributed by atoms with E-state index in [9.17, 15) is 4.21 Å². The summed E-state index contributed by atoms with van der Waals surface area (Å²) in [5.74, 6) is 0. The molecular weight excluding hydrogens is 260 g/mol. The van der Waals surface area contributed by atoms with Crippen LogP contribution in [-0.4, -0.2) is 17.4 Å². The van der Waals surface area contributed by atoms with Gasteiger partial charge in [-0.1, -0.05) is 60.7 Å². The minimum absolute atomic E-state index is 0.355. The van der Waals surface area contributed by atoms with Gasteiger partial charge in [-0.2, -0.15) is 4.21 Å². The minimum Gasteiger partial charge on any atom is -0.267 e. The third-order valence-electron chi connectivity index (χ3n) is 3.46. The molecule has 0 radical (unpaired) electrons. The zero-order chi connectivity index (χ0) is 13.1. The summed E-state index contributed by atoms with van der Waals surface area (Å²) in [5.41, 5.74) is 1.83. The fourth-order valence-corrected chi connectivity index (χ4v) is 3.05. The van der Waals surface area contributed by atoms with Gasteiger partial charge in [-0.25, -0.2) is 0 Å². The Hall–Kier alpha value is -1.49. The first kappa shape index (κ1) is 12.5. The fraction of sp³-hybridized carbons (Fsp3) is 0.200. The maximum Gasteiger partial charge on any atom is 0.304 e. The molecule has 2 aromatic carbocycles. The van der Waals surface area contributed by atoms with E-state index in [-0.39, 0.29) is 0 Å². The first-order chi connectivity index (χ1) is 9.31. The molecule has 0 N–H and O–H groups in total. The lowest BCUT2D eigenvalue weighted by molar-refractivity contribution is 0.118. The van der Waals surface area contributed by atoms with E-state index in [4.69, 9.17) is 8.37 Å². The summed E-state index contributed by atoms with van der Waals surface area (Å²) in [4.78, 5) is 0. The molecule has 4 heteroatoms. The van der Waals surface area contributed by atoms with Crippen LogP contribution in [0.15, 0.2) is 60.7 Å². The van der Waals surface area contributed by atoms with Crippen LogP contribution in [0, 0.1) is 0 Å². The van der Waals surface area contributed by atoms with Crippen molar-refractivity contribution in [2.24, 2.45) is 0 Å². The summed E-state index contributed by atoms with van der Waals surface area (Å²) in [6, 6.07) is 20.1. The number of hydrogen-bond acceptors (Lipinski definition) is 3.